The van der Waals surface area contributed by atoms with Crippen LogP contribution in [-0.4, -0.2) is 23.3 Å². The molecule has 78 valence electrons. The van der Waals surface area contributed by atoms with Crippen LogP contribution in [0.5, 0.6) is 0 Å². The van der Waals surface area contributed by atoms with Crippen LogP contribution in [0, 0.1) is 10.8 Å². The molecule has 0 fully saturated rings. The Labute approximate surface area is 82.8 Å². The van der Waals surface area contributed by atoms with Gasteiger partial charge in [0.1, 0.15) is 5.84 Å². The van der Waals surface area contributed by atoms with Gasteiger partial charge in [-0.1, -0.05) is 27.7 Å². The SMILES string of the molecule is CCC(C)(C)N(C)C(=N)C(C)(C)C. The quantitative estimate of drug-likeness (QED) is 0.518. The maximum absolute atomic E-state index is 8.03. The zero-order chi connectivity index (χ0) is 10.9. The molecule has 2 nitrogen and oxygen atoms in total. The molecule has 0 aliphatic carbocycles. The molecular weight excluding hydrogens is 160 g/mol. The Morgan fingerprint density at radius 1 is 1.15 bits per heavy atom. The van der Waals surface area contributed by atoms with Crippen molar-refractivity contribution in [3.05, 3.63) is 0 Å². The molecule has 0 rings (SSSR count). The number of rotatable bonds is 2. The Kier molecular flexibility index (Phi) is 3.54. The van der Waals surface area contributed by atoms with Crippen LogP contribution in [0.1, 0.15) is 48.0 Å². The Bertz CT molecular complexity index is 187. The van der Waals surface area contributed by atoms with Crippen LogP contribution in [0.4, 0.5) is 0 Å². The first-order chi connectivity index (χ1) is 5.63. The molecule has 0 aromatic carbocycles. The average Bonchev–Trinajstić information content (AvgIpc) is 2.00. The van der Waals surface area contributed by atoms with Crippen LogP contribution >= 0.6 is 0 Å². The first-order valence-electron chi connectivity index (χ1n) is 4.96. The van der Waals surface area contributed by atoms with E-state index in [-0.39, 0.29) is 11.0 Å². The van der Waals surface area contributed by atoms with Crippen LogP contribution in [0.3, 0.4) is 0 Å². The van der Waals surface area contributed by atoms with Gasteiger partial charge in [0.05, 0.1) is 0 Å². The van der Waals surface area contributed by atoms with E-state index >= 15 is 0 Å². The number of amidine groups is 1. The molecule has 0 aliphatic rings. The molecule has 0 bridgehead atoms. The lowest BCUT2D eigenvalue weighted by atomic mass is 9.90. The molecule has 0 saturated heterocycles. The van der Waals surface area contributed by atoms with Crippen molar-refractivity contribution in [1.29, 1.82) is 5.41 Å². The molecule has 0 heterocycles. The minimum atomic E-state index is -0.0544. The fourth-order valence-corrected chi connectivity index (χ4v) is 1.04. The van der Waals surface area contributed by atoms with Gasteiger partial charge in [0, 0.05) is 18.0 Å². The zero-order valence-corrected chi connectivity index (χ0v) is 10.2. The summed E-state index contributed by atoms with van der Waals surface area (Å²) < 4.78 is 0. The summed E-state index contributed by atoms with van der Waals surface area (Å²) in [5, 5.41) is 8.03. The summed E-state index contributed by atoms with van der Waals surface area (Å²) in [6.45, 7) is 12.7. The lowest BCUT2D eigenvalue weighted by Gasteiger charge is -2.41. The molecule has 0 radical (unpaired) electrons. The number of hydrogen-bond acceptors (Lipinski definition) is 1. The van der Waals surface area contributed by atoms with Crippen molar-refractivity contribution in [3.8, 4) is 0 Å². The summed E-state index contributed by atoms with van der Waals surface area (Å²) in [4.78, 5) is 2.08. The Morgan fingerprint density at radius 3 is 1.77 bits per heavy atom. The van der Waals surface area contributed by atoms with Gasteiger partial charge < -0.3 is 4.90 Å². The number of hydrogen-bond donors (Lipinski definition) is 1. The maximum Gasteiger partial charge on any atom is 0.101 e. The van der Waals surface area contributed by atoms with Crippen molar-refractivity contribution >= 4 is 5.84 Å². The van der Waals surface area contributed by atoms with E-state index in [0.29, 0.717) is 5.84 Å². The van der Waals surface area contributed by atoms with Crippen molar-refractivity contribution in [2.45, 2.75) is 53.5 Å². The van der Waals surface area contributed by atoms with E-state index in [1.165, 1.54) is 0 Å². The van der Waals surface area contributed by atoms with Gasteiger partial charge in [0.25, 0.3) is 0 Å². The second-order valence-corrected chi connectivity index (χ2v) is 5.32. The molecule has 2 heteroatoms. The monoisotopic (exact) mass is 184 g/mol. The van der Waals surface area contributed by atoms with E-state index in [2.05, 4.69) is 46.4 Å². The molecule has 0 unspecified atom stereocenters. The molecule has 0 amide bonds. The molecule has 1 N–H and O–H groups in total. The predicted molar refractivity (Wildman–Crippen MR) is 59.3 cm³/mol. The van der Waals surface area contributed by atoms with E-state index < -0.39 is 0 Å². The first kappa shape index (κ1) is 12.5. The van der Waals surface area contributed by atoms with Gasteiger partial charge >= 0.3 is 0 Å². The van der Waals surface area contributed by atoms with Gasteiger partial charge in [0.15, 0.2) is 0 Å². The summed E-state index contributed by atoms with van der Waals surface area (Å²) >= 11 is 0. The Morgan fingerprint density at radius 2 is 1.54 bits per heavy atom. The molecule has 0 aliphatic heterocycles. The van der Waals surface area contributed by atoms with Gasteiger partial charge in [-0.25, -0.2) is 0 Å². The van der Waals surface area contributed by atoms with Gasteiger partial charge in [-0.3, -0.25) is 5.41 Å². The summed E-state index contributed by atoms with van der Waals surface area (Å²) in [6.07, 6.45) is 1.06. The minimum Gasteiger partial charge on any atom is -0.358 e. The second kappa shape index (κ2) is 3.69. The summed E-state index contributed by atoms with van der Waals surface area (Å²) in [5.74, 6) is 0.708. The lowest BCUT2D eigenvalue weighted by Crippen LogP contribution is -2.48. The van der Waals surface area contributed by atoms with Crippen LogP contribution in [-0.2, 0) is 0 Å². The fourth-order valence-electron chi connectivity index (χ4n) is 1.04. The smallest absolute Gasteiger partial charge is 0.101 e. The minimum absolute atomic E-state index is 0.0544. The van der Waals surface area contributed by atoms with Gasteiger partial charge in [-0.05, 0) is 20.3 Å². The standard InChI is InChI=1S/C11H24N2/c1-8-11(5,6)13(7)9(12)10(2,3)4/h12H,8H2,1-7H3. The largest absolute Gasteiger partial charge is 0.358 e. The third-order valence-corrected chi connectivity index (χ3v) is 2.82. The van der Waals surface area contributed by atoms with Crippen molar-refractivity contribution in [2.75, 3.05) is 7.05 Å². The van der Waals surface area contributed by atoms with Crippen LogP contribution in [0.25, 0.3) is 0 Å². The second-order valence-electron chi connectivity index (χ2n) is 5.32. The molecule has 0 spiro atoms. The molecule has 0 aromatic heterocycles. The van der Waals surface area contributed by atoms with Gasteiger partial charge in [0.2, 0.25) is 0 Å². The zero-order valence-electron chi connectivity index (χ0n) is 10.2. The van der Waals surface area contributed by atoms with E-state index in [1.54, 1.807) is 0 Å². The van der Waals surface area contributed by atoms with E-state index in [0.717, 1.165) is 6.42 Å². The normalized spacial score (nSPS) is 12.8. The van der Waals surface area contributed by atoms with Crippen LogP contribution < -0.4 is 0 Å². The highest BCUT2D eigenvalue weighted by atomic mass is 15.2. The van der Waals surface area contributed by atoms with Crippen LogP contribution in [0.2, 0.25) is 0 Å². The van der Waals surface area contributed by atoms with Gasteiger partial charge in [-0.2, -0.15) is 0 Å². The summed E-state index contributed by atoms with van der Waals surface area (Å²) in [6, 6.07) is 0. The van der Waals surface area contributed by atoms with E-state index in [4.69, 9.17) is 5.41 Å². The maximum atomic E-state index is 8.03. The van der Waals surface area contributed by atoms with Crippen molar-refractivity contribution in [2.24, 2.45) is 5.41 Å². The predicted octanol–water partition coefficient (Wildman–Crippen LogP) is 3.13. The number of nitrogens with one attached hydrogen (secondary N) is 1. The lowest BCUT2D eigenvalue weighted by molar-refractivity contribution is 0.225. The summed E-state index contributed by atoms with van der Waals surface area (Å²) in [5.41, 5.74) is 0.0333. The van der Waals surface area contributed by atoms with Crippen molar-refractivity contribution in [1.82, 2.24) is 4.90 Å². The van der Waals surface area contributed by atoms with Gasteiger partial charge in [-0.15, -0.1) is 0 Å². The highest BCUT2D eigenvalue weighted by Gasteiger charge is 2.29. The topological polar surface area (TPSA) is 27.1 Å². The first-order valence-corrected chi connectivity index (χ1v) is 4.96. The molecule has 0 saturated carbocycles. The highest BCUT2D eigenvalue weighted by molar-refractivity contribution is 5.84. The molecular formula is C11H24N2. The summed E-state index contributed by atoms with van der Waals surface area (Å²) in [7, 11) is 2.01. The Hall–Kier alpha value is -0.530. The fraction of sp³-hybridized carbons (Fsp3) is 0.909. The average molecular weight is 184 g/mol. The molecule has 0 aromatic rings. The van der Waals surface area contributed by atoms with Crippen molar-refractivity contribution < 1.29 is 0 Å². The van der Waals surface area contributed by atoms with Crippen molar-refractivity contribution in [3.63, 3.8) is 0 Å². The van der Waals surface area contributed by atoms with E-state index in [1.807, 2.05) is 7.05 Å². The molecule has 0 atom stereocenters. The third-order valence-electron chi connectivity index (χ3n) is 2.82. The van der Waals surface area contributed by atoms with E-state index in [9.17, 15) is 0 Å². The molecule has 13 heavy (non-hydrogen) atoms. The Balaban J connectivity index is 4.62. The number of nitrogens with zero attached hydrogens (tertiary/aromatic N) is 1. The highest BCUT2D eigenvalue weighted by Crippen LogP contribution is 2.24. The van der Waals surface area contributed by atoms with Crippen LogP contribution in [0.15, 0.2) is 0 Å². The third kappa shape index (κ3) is 3.02.